The summed E-state index contributed by atoms with van der Waals surface area (Å²) >= 11 is 0. The third-order valence-corrected chi connectivity index (χ3v) is 4.06. The van der Waals surface area contributed by atoms with Crippen molar-refractivity contribution in [2.45, 2.75) is 11.8 Å². The monoisotopic (exact) mass is 290 g/mol. The van der Waals surface area contributed by atoms with Crippen LogP contribution in [-0.4, -0.2) is 14.4 Å². The molecule has 0 aromatic heterocycles. The number of rotatable bonds is 4. The molecule has 5 nitrogen and oxygen atoms in total. The molecular formula is C14H12NO4S-. The standard InChI is InChI=1S/C14H13NO4S/c1-10-5-7-12(8-6-10)15-20(18,19)13-4-2-3-11(9-13)14(16)17/h2-9,15H,1H3,(H,16,17)/p-1. The lowest BCUT2D eigenvalue weighted by atomic mass is 10.2. The van der Waals surface area contributed by atoms with E-state index in [1.807, 2.05) is 6.92 Å². The van der Waals surface area contributed by atoms with E-state index in [0.717, 1.165) is 11.6 Å². The summed E-state index contributed by atoms with van der Waals surface area (Å²) in [5, 5.41) is 10.7. The third kappa shape index (κ3) is 3.16. The summed E-state index contributed by atoms with van der Waals surface area (Å²) in [7, 11) is -3.82. The Kier molecular flexibility index (Phi) is 3.76. The Bertz CT molecular complexity index is 736. The first kappa shape index (κ1) is 14.1. The van der Waals surface area contributed by atoms with Gasteiger partial charge < -0.3 is 9.90 Å². The molecule has 0 radical (unpaired) electrons. The fraction of sp³-hybridized carbons (Fsp3) is 0.0714. The Labute approximate surface area is 116 Å². The molecule has 0 aliphatic rings. The van der Waals surface area contributed by atoms with Crippen molar-refractivity contribution in [3.63, 3.8) is 0 Å². The summed E-state index contributed by atoms with van der Waals surface area (Å²) in [5.41, 5.74) is 1.23. The average Bonchev–Trinajstić information content (AvgIpc) is 2.41. The molecule has 2 rings (SSSR count). The minimum absolute atomic E-state index is 0.125. The topological polar surface area (TPSA) is 86.3 Å². The van der Waals surface area contributed by atoms with Crippen molar-refractivity contribution < 1.29 is 18.3 Å². The van der Waals surface area contributed by atoms with E-state index in [2.05, 4.69) is 4.72 Å². The first-order chi connectivity index (χ1) is 9.38. The molecule has 0 bridgehead atoms. The fourth-order valence-electron chi connectivity index (χ4n) is 1.63. The lowest BCUT2D eigenvalue weighted by molar-refractivity contribution is -0.255. The number of aromatic carboxylic acids is 1. The second-order valence-corrected chi connectivity index (χ2v) is 5.97. The normalized spacial score (nSPS) is 11.1. The second-order valence-electron chi connectivity index (χ2n) is 4.29. The molecule has 0 unspecified atom stereocenters. The van der Waals surface area contributed by atoms with Crippen molar-refractivity contribution in [3.05, 3.63) is 59.7 Å². The molecule has 0 aliphatic heterocycles. The van der Waals surface area contributed by atoms with Gasteiger partial charge in [0.15, 0.2) is 0 Å². The van der Waals surface area contributed by atoms with Gasteiger partial charge in [0, 0.05) is 5.69 Å². The van der Waals surface area contributed by atoms with Crippen LogP contribution < -0.4 is 9.83 Å². The molecule has 6 heteroatoms. The predicted octanol–water partition coefficient (Wildman–Crippen LogP) is 1.16. The SMILES string of the molecule is Cc1ccc(NS(=O)(=O)c2cccc(C(=O)[O-])c2)cc1. The average molecular weight is 290 g/mol. The summed E-state index contributed by atoms with van der Waals surface area (Å²) in [6, 6.07) is 11.8. The Balaban J connectivity index is 2.33. The van der Waals surface area contributed by atoms with Gasteiger partial charge >= 0.3 is 0 Å². The van der Waals surface area contributed by atoms with Gasteiger partial charge in [0.05, 0.1) is 10.9 Å². The number of hydrogen-bond acceptors (Lipinski definition) is 4. The molecule has 0 spiro atoms. The number of nitrogens with one attached hydrogen (secondary N) is 1. The van der Waals surface area contributed by atoms with E-state index in [4.69, 9.17) is 0 Å². The molecule has 0 saturated carbocycles. The van der Waals surface area contributed by atoms with Gasteiger partial charge in [0.2, 0.25) is 0 Å². The number of carbonyl (C=O) groups is 1. The Morgan fingerprint density at radius 1 is 1.10 bits per heavy atom. The van der Waals surface area contributed by atoms with Crippen LogP contribution in [-0.2, 0) is 10.0 Å². The maximum atomic E-state index is 12.1. The summed E-state index contributed by atoms with van der Waals surface area (Å²) in [4.78, 5) is 10.6. The molecule has 20 heavy (non-hydrogen) atoms. The number of hydrogen-bond donors (Lipinski definition) is 1. The number of sulfonamides is 1. The smallest absolute Gasteiger partial charge is 0.261 e. The maximum absolute atomic E-state index is 12.1. The number of carbonyl (C=O) groups excluding carboxylic acids is 1. The van der Waals surface area contributed by atoms with Crippen molar-refractivity contribution in [3.8, 4) is 0 Å². The van der Waals surface area contributed by atoms with E-state index in [1.54, 1.807) is 24.3 Å². The lowest BCUT2D eigenvalue weighted by Gasteiger charge is -2.10. The maximum Gasteiger partial charge on any atom is 0.261 e. The Morgan fingerprint density at radius 2 is 1.75 bits per heavy atom. The van der Waals surface area contributed by atoms with Gasteiger partial charge in [-0.1, -0.05) is 29.8 Å². The Morgan fingerprint density at radius 3 is 2.35 bits per heavy atom. The molecule has 0 amide bonds. The van der Waals surface area contributed by atoms with Gasteiger partial charge in [-0.25, -0.2) is 8.42 Å². The van der Waals surface area contributed by atoms with Crippen LogP contribution in [0.1, 0.15) is 15.9 Å². The van der Waals surface area contributed by atoms with Crippen LogP contribution in [0.15, 0.2) is 53.4 Å². The highest BCUT2D eigenvalue weighted by molar-refractivity contribution is 7.92. The van der Waals surface area contributed by atoms with Crippen LogP contribution in [0.5, 0.6) is 0 Å². The van der Waals surface area contributed by atoms with E-state index >= 15 is 0 Å². The number of benzene rings is 2. The molecule has 0 atom stereocenters. The number of aryl methyl sites for hydroxylation is 1. The molecular weight excluding hydrogens is 278 g/mol. The third-order valence-electron chi connectivity index (χ3n) is 2.68. The van der Waals surface area contributed by atoms with Gasteiger partial charge in [-0.15, -0.1) is 0 Å². The lowest BCUT2D eigenvalue weighted by Crippen LogP contribution is -2.23. The van der Waals surface area contributed by atoms with E-state index in [-0.39, 0.29) is 10.5 Å². The Hall–Kier alpha value is -2.34. The zero-order chi connectivity index (χ0) is 14.8. The largest absolute Gasteiger partial charge is 0.545 e. The highest BCUT2D eigenvalue weighted by atomic mass is 32.2. The van der Waals surface area contributed by atoms with Crippen LogP contribution in [0.25, 0.3) is 0 Å². The van der Waals surface area contributed by atoms with Crippen molar-refractivity contribution in [1.82, 2.24) is 0 Å². The minimum Gasteiger partial charge on any atom is -0.545 e. The minimum atomic E-state index is -3.82. The zero-order valence-electron chi connectivity index (χ0n) is 10.7. The van der Waals surface area contributed by atoms with Crippen molar-refractivity contribution in [2.75, 3.05) is 4.72 Å². The molecule has 104 valence electrons. The van der Waals surface area contributed by atoms with Crippen LogP contribution in [0.3, 0.4) is 0 Å². The molecule has 0 saturated heterocycles. The summed E-state index contributed by atoms with van der Waals surface area (Å²) < 4.78 is 26.7. The molecule has 0 fully saturated rings. The predicted molar refractivity (Wildman–Crippen MR) is 72.8 cm³/mol. The summed E-state index contributed by atoms with van der Waals surface area (Å²) in [6.45, 7) is 1.89. The quantitative estimate of drug-likeness (QED) is 0.915. The van der Waals surface area contributed by atoms with Crippen LogP contribution in [0.4, 0.5) is 5.69 Å². The van der Waals surface area contributed by atoms with Crippen molar-refractivity contribution in [1.29, 1.82) is 0 Å². The second kappa shape index (κ2) is 5.34. The highest BCUT2D eigenvalue weighted by Crippen LogP contribution is 2.17. The van der Waals surface area contributed by atoms with Crippen LogP contribution in [0, 0.1) is 6.92 Å². The van der Waals surface area contributed by atoms with E-state index in [1.165, 1.54) is 18.2 Å². The van der Waals surface area contributed by atoms with Crippen molar-refractivity contribution in [2.24, 2.45) is 0 Å². The molecule has 2 aromatic carbocycles. The fourth-order valence-corrected chi connectivity index (χ4v) is 2.73. The number of carboxylic acid groups (broad SMARTS) is 1. The molecule has 0 aliphatic carbocycles. The molecule has 0 heterocycles. The van der Waals surface area contributed by atoms with Crippen LogP contribution in [0.2, 0.25) is 0 Å². The first-order valence-corrected chi connectivity index (χ1v) is 7.28. The first-order valence-electron chi connectivity index (χ1n) is 5.79. The van der Waals surface area contributed by atoms with Gasteiger partial charge in [0.25, 0.3) is 10.0 Å². The molecule has 1 N–H and O–H groups in total. The summed E-state index contributed by atoms with van der Waals surface area (Å²) in [6.07, 6.45) is 0. The summed E-state index contributed by atoms with van der Waals surface area (Å²) in [5.74, 6) is -1.42. The van der Waals surface area contributed by atoms with Gasteiger partial charge in [0.1, 0.15) is 0 Å². The number of anilines is 1. The molecule has 2 aromatic rings. The zero-order valence-corrected chi connectivity index (χ0v) is 11.5. The number of carboxylic acids is 1. The van der Waals surface area contributed by atoms with Gasteiger partial charge in [-0.05, 0) is 36.8 Å². The van der Waals surface area contributed by atoms with E-state index < -0.39 is 16.0 Å². The van der Waals surface area contributed by atoms with Crippen LogP contribution >= 0.6 is 0 Å². The van der Waals surface area contributed by atoms with Gasteiger partial charge in [-0.2, -0.15) is 0 Å². The van der Waals surface area contributed by atoms with E-state index in [9.17, 15) is 18.3 Å². The van der Waals surface area contributed by atoms with E-state index in [0.29, 0.717) is 5.69 Å². The highest BCUT2D eigenvalue weighted by Gasteiger charge is 2.14. The van der Waals surface area contributed by atoms with Crippen molar-refractivity contribution >= 4 is 21.7 Å². The van der Waals surface area contributed by atoms with Gasteiger partial charge in [-0.3, -0.25) is 4.72 Å².